The van der Waals surface area contributed by atoms with Gasteiger partial charge in [0.25, 0.3) is 10.0 Å². The van der Waals surface area contributed by atoms with E-state index in [1.165, 1.54) is 18.3 Å². The van der Waals surface area contributed by atoms with Crippen molar-refractivity contribution in [1.82, 2.24) is 8.54 Å². The maximum Gasteiger partial charge on any atom is 0.349 e. The first-order valence-electron chi connectivity index (χ1n) is 6.99. The highest BCUT2D eigenvalue weighted by molar-refractivity contribution is 7.90. The third-order valence-corrected chi connectivity index (χ3v) is 5.59. The van der Waals surface area contributed by atoms with Gasteiger partial charge in [-0.15, -0.1) is 0 Å². The summed E-state index contributed by atoms with van der Waals surface area (Å²) in [6.07, 6.45) is 3.86. The predicted octanol–water partition coefficient (Wildman–Crippen LogP) is 1.55. The fraction of sp³-hybridized carbons (Fsp3) is 0.333. The third kappa shape index (κ3) is 2.31. The van der Waals surface area contributed by atoms with Crippen LogP contribution in [0.15, 0.2) is 40.3 Å². The van der Waals surface area contributed by atoms with Crippen molar-refractivity contribution in [3.05, 3.63) is 52.2 Å². The molecule has 1 heterocycles. The molecule has 0 atom stereocenters. The van der Waals surface area contributed by atoms with Crippen molar-refractivity contribution in [3.8, 4) is 0 Å². The largest absolute Gasteiger partial charge is 0.349 e. The van der Waals surface area contributed by atoms with E-state index >= 15 is 0 Å². The van der Waals surface area contributed by atoms with Crippen molar-refractivity contribution in [3.63, 3.8) is 0 Å². The Morgan fingerprint density at radius 2 is 1.82 bits per heavy atom. The number of imidazole rings is 1. The summed E-state index contributed by atoms with van der Waals surface area (Å²) in [5.74, 6) is -0.489. The zero-order valence-corrected chi connectivity index (χ0v) is 13.1. The fourth-order valence-corrected chi connectivity index (χ4v) is 3.53. The molecule has 0 saturated heterocycles. The van der Waals surface area contributed by atoms with E-state index < -0.39 is 15.7 Å². The fourth-order valence-electron chi connectivity index (χ4n) is 2.23. The van der Waals surface area contributed by atoms with Crippen molar-refractivity contribution in [2.24, 2.45) is 5.92 Å². The summed E-state index contributed by atoms with van der Waals surface area (Å²) in [6.45, 7) is 3.68. The van der Waals surface area contributed by atoms with E-state index in [9.17, 15) is 18.0 Å². The van der Waals surface area contributed by atoms with Crippen LogP contribution in [-0.4, -0.2) is 22.9 Å². The zero-order chi connectivity index (χ0) is 16.1. The lowest BCUT2D eigenvalue weighted by atomic mass is 10.1. The lowest BCUT2D eigenvalue weighted by molar-refractivity contribution is 0.0882. The average Bonchev–Trinajstić information content (AvgIpc) is 3.23. The van der Waals surface area contributed by atoms with Gasteiger partial charge < -0.3 is 0 Å². The summed E-state index contributed by atoms with van der Waals surface area (Å²) in [5, 5.41) is 0. The molecule has 1 aliphatic rings. The Bertz CT molecular complexity index is 917. The molecule has 0 radical (unpaired) electrons. The van der Waals surface area contributed by atoms with E-state index in [2.05, 4.69) is 0 Å². The molecule has 0 bridgehead atoms. The van der Waals surface area contributed by atoms with Crippen molar-refractivity contribution in [2.45, 2.75) is 31.6 Å². The predicted molar refractivity (Wildman–Crippen MR) is 80.5 cm³/mol. The van der Waals surface area contributed by atoms with Crippen LogP contribution in [0.4, 0.5) is 0 Å². The van der Waals surface area contributed by atoms with Crippen molar-refractivity contribution in [2.75, 3.05) is 0 Å². The second-order valence-corrected chi connectivity index (χ2v) is 7.43. The quantitative estimate of drug-likeness (QED) is 0.859. The number of aromatic nitrogens is 2. The highest BCUT2D eigenvalue weighted by atomic mass is 32.2. The van der Waals surface area contributed by atoms with E-state index in [0.717, 1.165) is 34.7 Å². The molecule has 0 N–H and O–H groups in total. The van der Waals surface area contributed by atoms with Crippen LogP contribution < -0.4 is 5.69 Å². The van der Waals surface area contributed by atoms with Gasteiger partial charge in [0.15, 0.2) is 0 Å². The highest BCUT2D eigenvalue weighted by Gasteiger charge is 2.33. The van der Waals surface area contributed by atoms with Gasteiger partial charge in [-0.05, 0) is 49.9 Å². The van der Waals surface area contributed by atoms with E-state index in [4.69, 9.17) is 0 Å². The normalized spacial score (nSPS) is 15.0. The van der Waals surface area contributed by atoms with Crippen LogP contribution in [0, 0.1) is 19.8 Å². The molecule has 0 amide bonds. The van der Waals surface area contributed by atoms with Gasteiger partial charge in [0.1, 0.15) is 0 Å². The van der Waals surface area contributed by atoms with Gasteiger partial charge in [-0.3, -0.25) is 4.79 Å². The van der Waals surface area contributed by atoms with E-state index in [0.29, 0.717) is 3.97 Å². The highest BCUT2D eigenvalue weighted by Crippen LogP contribution is 2.30. The molecule has 0 unspecified atom stereocenters. The maximum atomic E-state index is 12.6. The molecule has 1 aromatic carbocycles. The van der Waals surface area contributed by atoms with Gasteiger partial charge in [-0.25, -0.2) is 17.8 Å². The van der Waals surface area contributed by atoms with Gasteiger partial charge in [-0.1, -0.05) is 6.07 Å². The molecule has 7 heteroatoms. The second-order valence-electron chi connectivity index (χ2n) is 5.61. The Hall–Kier alpha value is -2.15. The molecule has 1 fully saturated rings. The Morgan fingerprint density at radius 3 is 2.41 bits per heavy atom. The molecular weight excluding hydrogens is 304 g/mol. The van der Waals surface area contributed by atoms with Crippen LogP contribution in [0.25, 0.3) is 0 Å². The summed E-state index contributed by atoms with van der Waals surface area (Å²) in [7, 11) is -4.00. The first kappa shape index (κ1) is 14.8. The monoisotopic (exact) mass is 320 g/mol. The molecule has 2 aromatic rings. The second kappa shape index (κ2) is 4.95. The van der Waals surface area contributed by atoms with E-state index in [-0.39, 0.29) is 16.7 Å². The van der Waals surface area contributed by atoms with Crippen molar-refractivity contribution < 1.29 is 13.2 Å². The van der Waals surface area contributed by atoms with Gasteiger partial charge >= 0.3 is 5.69 Å². The Morgan fingerprint density at radius 1 is 1.14 bits per heavy atom. The summed E-state index contributed by atoms with van der Waals surface area (Å²) in [5.41, 5.74) is 0.950. The third-order valence-electron chi connectivity index (χ3n) is 3.94. The Labute approximate surface area is 128 Å². The molecule has 1 aliphatic carbocycles. The van der Waals surface area contributed by atoms with Crippen molar-refractivity contribution in [1.29, 1.82) is 0 Å². The molecule has 1 saturated carbocycles. The number of rotatable bonds is 3. The summed E-state index contributed by atoms with van der Waals surface area (Å²) < 4.78 is 26.7. The molecular formula is C15H16N2O4S. The lowest BCUT2D eigenvalue weighted by Gasteiger charge is -2.07. The van der Waals surface area contributed by atoms with Gasteiger partial charge in [0.05, 0.1) is 4.90 Å². The number of aryl methyl sites for hydroxylation is 2. The van der Waals surface area contributed by atoms with Crippen molar-refractivity contribution >= 4 is 15.9 Å². The molecule has 22 heavy (non-hydrogen) atoms. The van der Waals surface area contributed by atoms with Gasteiger partial charge in [-0.2, -0.15) is 3.97 Å². The minimum absolute atomic E-state index is 0.0364. The van der Waals surface area contributed by atoms with E-state index in [1.807, 2.05) is 6.92 Å². The van der Waals surface area contributed by atoms with Crippen LogP contribution in [0.5, 0.6) is 0 Å². The summed E-state index contributed by atoms with van der Waals surface area (Å²) in [4.78, 5) is 24.2. The number of carbonyl (C=O) groups is 1. The van der Waals surface area contributed by atoms with Crippen LogP contribution in [-0.2, 0) is 10.0 Å². The van der Waals surface area contributed by atoms with E-state index in [1.54, 1.807) is 13.0 Å². The molecule has 6 nitrogen and oxygen atoms in total. The first-order valence-corrected chi connectivity index (χ1v) is 8.43. The zero-order valence-electron chi connectivity index (χ0n) is 12.3. The van der Waals surface area contributed by atoms with Gasteiger partial charge in [0, 0.05) is 18.3 Å². The molecule has 0 aliphatic heterocycles. The molecule has 116 valence electrons. The van der Waals surface area contributed by atoms with Crippen LogP contribution >= 0.6 is 0 Å². The Kier molecular flexibility index (Phi) is 3.32. The minimum Gasteiger partial charge on any atom is -0.274 e. The molecule has 0 spiro atoms. The number of benzene rings is 1. The standard InChI is InChI=1S/C15H16N2O4S/c1-10-3-6-13(9-11(10)2)22(20,21)17-8-7-16(15(17)19)14(18)12-4-5-12/h3,6-9,12H,4-5H2,1-2H3. The van der Waals surface area contributed by atoms with Gasteiger partial charge in [0.2, 0.25) is 5.91 Å². The maximum absolute atomic E-state index is 12.6. The Balaban J connectivity index is 2.08. The number of nitrogens with zero attached hydrogens (tertiary/aromatic N) is 2. The number of hydrogen-bond donors (Lipinski definition) is 0. The topological polar surface area (TPSA) is 78.1 Å². The average molecular weight is 320 g/mol. The number of carbonyl (C=O) groups excluding carboxylic acids is 1. The van der Waals surface area contributed by atoms with Crippen LogP contribution in [0.1, 0.15) is 28.8 Å². The van der Waals surface area contributed by atoms with Crippen LogP contribution in [0.2, 0.25) is 0 Å². The molecule has 3 rings (SSSR count). The smallest absolute Gasteiger partial charge is 0.274 e. The summed E-state index contributed by atoms with van der Waals surface area (Å²) in [6, 6.07) is 4.68. The molecule has 1 aromatic heterocycles. The van der Waals surface area contributed by atoms with Crippen LogP contribution in [0.3, 0.4) is 0 Å². The number of hydrogen-bond acceptors (Lipinski definition) is 4. The SMILES string of the molecule is Cc1ccc(S(=O)(=O)n2ccn(C(=O)C3CC3)c2=O)cc1C. The lowest BCUT2D eigenvalue weighted by Crippen LogP contribution is -2.33. The minimum atomic E-state index is -4.00. The summed E-state index contributed by atoms with van der Waals surface area (Å²) >= 11 is 0. The first-order chi connectivity index (χ1) is 10.3.